The number of rotatable bonds is 73. The van der Waals surface area contributed by atoms with Crippen LogP contribution < -0.4 is 5.11 Å². The Kier molecular flexibility index (Phi) is 73.1. The van der Waals surface area contributed by atoms with Crippen molar-refractivity contribution in [1.82, 2.24) is 0 Å². The average molecular weight is 1350 g/mol. The first kappa shape index (κ1) is 92.2. The van der Waals surface area contributed by atoms with Gasteiger partial charge in [0.2, 0.25) is 0 Å². The lowest BCUT2D eigenvalue weighted by molar-refractivity contribution is -0.870. The summed E-state index contributed by atoms with van der Waals surface area (Å²) in [6.07, 6.45) is 110. The Morgan fingerprint density at radius 3 is 0.825 bits per heavy atom. The number of carbonyl (C=O) groups is 3. The van der Waals surface area contributed by atoms with Gasteiger partial charge in [0.15, 0.2) is 12.4 Å². The minimum atomic E-state index is -1.63. The zero-order valence-corrected chi connectivity index (χ0v) is 63.4. The van der Waals surface area contributed by atoms with Crippen LogP contribution in [0.3, 0.4) is 0 Å². The molecule has 0 amide bonds. The van der Waals surface area contributed by atoms with E-state index in [1.165, 1.54) is 186 Å². The van der Waals surface area contributed by atoms with Crippen molar-refractivity contribution in [2.24, 2.45) is 0 Å². The molecule has 0 radical (unpaired) electrons. The van der Waals surface area contributed by atoms with Crippen LogP contribution in [0.1, 0.15) is 335 Å². The first-order valence-electron chi connectivity index (χ1n) is 40.0. The topological polar surface area (TPSA) is 111 Å². The van der Waals surface area contributed by atoms with Gasteiger partial charge in [-0.15, -0.1) is 0 Å². The van der Waals surface area contributed by atoms with E-state index in [-0.39, 0.29) is 38.6 Å². The molecule has 0 saturated carbocycles. The predicted octanol–water partition coefficient (Wildman–Crippen LogP) is 24.5. The molecule has 0 aliphatic heterocycles. The van der Waals surface area contributed by atoms with Crippen LogP contribution in [0.15, 0.2) is 146 Å². The van der Waals surface area contributed by atoms with Crippen LogP contribution in [-0.4, -0.2) is 82.3 Å². The molecule has 2 atom stereocenters. The second-order valence-corrected chi connectivity index (χ2v) is 27.6. The van der Waals surface area contributed by atoms with E-state index in [4.69, 9.17) is 18.9 Å². The number of hydrogen-bond donors (Lipinski definition) is 0. The molecule has 9 heteroatoms. The van der Waals surface area contributed by atoms with Crippen molar-refractivity contribution in [3.05, 3.63) is 146 Å². The molecule has 0 aromatic rings. The van der Waals surface area contributed by atoms with E-state index < -0.39 is 24.3 Å². The molecule has 0 aromatic heterocycles. The lowest BCUT2D eigenvalue weighted by atomic mass is 10.0. The van der Waals surface area contributed by atoms with E-state index in [0.29, 0.717) is 17.4 Å². The molecule has 0 aromatic carbocycles. The molecule has 2 unspecified atom stereocenters. The summed E-state index contributed by atoms with van der Waals surface area (Å²) in [6, 6.07) is 0. The van der Waals surface area contributed by atoms with Crippen molar-refractivity contribution < 1.29 is 42.9 Å². The quantitative estimate of drug-likeness (QED) is 0.0195. The third-order valence-electron chi connectivity index (χ3n) is 17.1. The number of likely N-dealkylation sites (N-methyl/N-ethyl adjacent to an activating group) is 1. The van der Waals surface area contributed by atoms with Crippen molar-refractivity contribution in [3.8, 4) is 0 Å². The predicted molar refractivity (Wildman–Crippen MR) is 416 cm³/mol. The van der Waals surface area contributed by atoms with Crippen molar-refractivity contribution in [2.45, 2.75) is 347 Å². The zero-order chi connectivity index (χ0) is 70.4. The number of ether oxygens (including phenoxy) is 4. The number of unbranched alkanes of at least 4 members (excludes halogenated alkanes) is 34. The lowest BCUT2D eigenvalue weighted by Gasteiger charge is -2.26. The Labute approximate surface area is 598 Å². The highest BCUT2D eigenvalue weighted by molar-refractivity contribution is 5.70. The second kappa shape index (κ2) is 76.9. The van der Waals surface area contributed by atoms with E-state index in [0.717, 1.165) is 116 Å². The first-order valence-corrected chi connectivity index (χ1v) is 40.0. The summed E-state index contributed by atoms with van der Waals surface area (Å²) in [5, 5.41) is 11.9. The Morgan fingerprint density at radius 1 is 0.309 bits per heavy atom. The molecule has 9 nitrogen and oxygen atoms in total. The molecular formula is C88H149NO8. The molecule has 97 heavy (non-hydrogen) atoms. The number of quaternary nitrogens is 1. The van der Waals surface area contributed by atoms with Gasteiger partial charge in [-0.1, -0.05) is 352 Å². The van der Waals surface area contributed by atoms with Crippen molar-refractivity contribution in [2.75, 3.05) is 47.5 Å². The summed E-state index contributed by atoms with van der Waals surface area (Å²) in [5.41, 5.74) is 0. The fourth-order valence-corrected chi connectivity index (χ4v) is 11.1. The summed E-state index contributed by atoms with van der Waals surface area (Å²) in [6.45, 7) is 4.55. The normalized spacial score (nSPS) is 13.5. The van der Waals surface area contributed by atoms with Crippen LogP contribution in [0.25, 0.3) is 0 Å². The highest BCUT2D eigenvalue weighted by atomic mass is 16.7. The Morgan fingerprint density at radius 2 is 0.557 bits per heavy atom. The van der Waals surface area contributed by atoms with Gasteiger partial charge in [0.25, 0.3) is 0 Å². The number of allylic oxidation sites excluding steroid dienone is 24. The maximum atomic E-state index is 13.0. The molecule has 0 aliphatic rings. The van der Waals surface area contributed by atoms with Crippen molar-refractivity contribution >= 4 is 17.9 Å². The molecule has 554 valence electrons. The first-order chi connectivity index (χ1) is 47.6. The maximum absolute atomic E-state index is 13.0. The number of hydrogen-bond acceptors (Lipinski definition) is 8. The Hall–Kier alpha value is -4.83. The van der Waals surface area contributed by atoms with E-state index in [1.807, 2.05) is 21.1 Å². The summed E-state index contributed by atoms with van der Waals surface area (Å²) < 4.78 is 22.9. The molecule has 0 spiro atoms. The average Bonchev–Trinajstić information content (AvgIpc) is 3.11. The van der Waals surface area contributed by atoms with Gasteiger partial charge < -0.3 is 33.3 Å². The standard InChI is InChI=1S/C88H149NO8/c1-6-8-10-12-14-16-18-20-22-24-26-28-30-32-34-36-38-40-42-43-45-47-49-51-53-55-57-59-61-63-65-67-69-71-73-75-77-79-86(91)97-84(83-96-88(87(92)93)94-81-80-89(3,4)5)82-95-85(90)78-76-74-72-70-68-66-64-62-60-58-56-54-52-50-48-46-44-41-39-37-35-33-31-29-27-25-23-21-19-17-15-13-11-9-7-2/h8-11,14-17,20-23,26-29,32-35,38,40,43,45,84,88H,6-7,12-13,18-19,24-25,30-31,36-37,39,41-42,44,46-83H2,1-5H3/b10-8-,11-9-,16-14-,17-15-,22-20-,23-21-,28-26-,29-27-,34-32-,35-33-,40-38-,45-43-. The highest BCUT2D eigenvalue weighted by Gasteiger charge is 2.22. The van der Waals surface area contributed by atoms with Gasteiger partial charge in [-0.2, -0.15) is 0 Å². The van der Waals surface area contributed by atoms with E-state index in [9.17, 15) is 19.5 Å². The number of aliphatic carboxylic acids is 1. The second-order valence-electron chi connectivity index (χ2n) is 27.6. The van der Waals surface area contributed by atoms with Crippen LogP contribution in [0, 0.1) is 0 Å². The SMILES string of the molecule is CC/C=C\C/C=C\C/C=C\C/C=C\C/C=C\C/C=C\C/C=C\CCCCCCCCCCCCCCCCCC(=O)OC(COC(=O)CCCCCCCCCCCCCCCCCCCCC/C=C\C/C=C\C/C=C\C/C=C\C/C=C\CC)COC(OCC[N+](C)(C)C)C(=O)[O-]. The number of esters is 2. The minimum Gasteiger partial charge on any atom is -0.545 e. The van der Waals surface area contributed by atoms with Crippen LogP contribution in [0.5, 0.6) is 0 Å². The Bertz CT molecular complexity index is 2110. The van der Waals surface area contributed by atoms with Crippen LogP contribution in [-0.2, 0) is 33.3 Å². The van der Waals surface area contributed by atoms with Gasteiger partial charge in [0, 0.05) is 12.8 Å². The van der Waals surface area contributed by atoms with Crippen LogP contribution in [0.4, 0.5) is 0 Å². The molecule has 0 saturated heterocycles. The van der Waals surface area contributed by atoms with E-state index >= 15 is 0 Å². The molecule has 0 rings (SSSR count). The van der Waals surface area contributed by atoms with Gasteiger partial charge in [0.1, 0.15) is 13.2 Å². The third-order valence-corrected chi connectivity index (χ3v) is 17.1. The fourth-order valence-electron chi connectivity index (χ4n) is 11.1. The third kappa shape index (κ3) is 78.4. The molecule has 0 aliphatic carbocycles. The highest BCUT2D eigenvalue weighted by Crippen LogP contribution is 2.18. The van der Waals surface area contributed by atoms with Crippen LogP contribution in [0.2, 0.25) is 0 Å². The fraction of sp³-hybridized carbons (Fsp3) is 0.693. The van der Waals surface area contributed by atoms with Gasteiger partial charge in [0.05, 0.1) is 40.3 Å². The van der Waals surface area contributed by atoms with Crippen molar-refractivity contribution in [3.63, 3.8) is 0 Å². The maximum Gasteiger partial charge on any atom is 0.306 e. The van der Waals surface area contributed by atoms with E-state index in [1.54, 1.807) is 0 Å². The number of nitrogens with zero attached hydrogens (tertiary/aromatic N) is 1. The smallest absolute Gasteiger partial charge is 0.306 e. The zero-order valence-electron chi connectivity index (χ0n) is 63.4. The molecule has 0 N–H and O–H groups in total. The van der Waals surface area contributed by atoms with Gasteiger partial charge in [-0.3, -0.25) is 9.59 Å². The summed E-state index contributed by atoms with van der Waals surface area (Å²) in [5.74, 6) is -2.27. The van der Waals surface area contributed by atoms with Gasteiger partial charge in [-0.05, 0) is 116 Å². The lowest BCUT2D eigenvalue weighted by Crippen LogP contribution is -2.44. The summed E-state index contributed by atoms with van der Waals surface area (Å²) in [7, 11) is 5.94. The summed E-state index contributed by atoms with van der Waals surface area (Å²) >= 11 is 0. The monoisotopic (exact) mass is 1350 g/mol. The minimum absolute atomic E-state index is 0.144. The molecule has 0 bridgehead atoms. The van der Waals surface area contributed by atoms with Gasteiger partial charge >= 0.3 is 11.9 Å². The number of carboxylic acid groups (broad SMARTS) is 1. The summed E-state index contributed by atoms with van der Waals surface area (Å²) in [4.78, 5) is 37.6. The van der Waals surface area contributed by atoms with E-state index in [2.05, 4.69) is 160 Å². The molecular weight excluding hydrogens is 1200 g/mol. The van der Waals surface area contributed by atoms with Gasteiger partial charge in [-0.25, -0.2) is 0 Å². The number of carbonyl (C=O) groups excluding carboxylic acids is 3. The number of carboxylic acids is 1. The van der Waals surface area contributed by atoms with Crippen LogP contribution >= 0.6 is 0 Å². The Balaban J connectivity index is 4.04. The molecule has 0 heterocycles. The van der Waals surface area contributed by atoms with Crippen molar-refractivity contribution in [1.29, 1.82) is 0 Å². The molecule has 0 fully saturated rings. The largest absolute Gasteiger partial charge is 0.545 e.